The van der Waals surface area contributed by atoms with Gasteiger partial charge in [0, 0.05) is 12.8 Å². The molecule has 2 nitrogen and oxygen atoms in total. The molecule has 0 unspecified atom stereocenters. The third kappa shape index (κ3) is 2.10. The molecule has 1 aliphatic carbocycles. The normalized spacial score (nSPS) is 19.1. The lowest BCUT2D eigenvalue weighted by molar-refractivity contribution is -0.0867. The molecule has 78 valence electrons. The molecule has 1 aliphatic rings. The maximum atomic E-state index is 12.6. The molecule has 0 amide bonds. The van der Waals surface area contributed by atoms with Gasteiger partial charge < -0.3 is 0 Å². The highest BCUT2D eigenvalue weighted by molar-refractivity contribution is 5.50. The standard InChI is InChI=1S/C11H9F2NO/c12-11(13)5-9(6-11)8-2-1-3-10(4-8)14-7-15/h1-4,9H,5-6H2. The fourth-order valence-electron chi connectivity index (χ4n) is 1.80. The second-order valence-corrected chi connectivity index (χ2v) is 3.76. The molecule has 0 heterocycles. The van der Waals surface area contributed by atoms with Gasteiger partial charge in [0.05, 0.1) is 5.69 Å². The molecule has 1 fully saturated rings. The quantitative estimate of drug-likeness (QED) is 0.543. The van der Waals surface area contributed by atoms with Crippen molar-refractivity contribution in [1.29, 1.82) is 0 Å². The zero-order valence-electron chi connectivity index (χ0n) is 7.91. The number of aliphatic imine (C=N–C) groups is 1. The minimum Gasteiger partial charge on any atom is -0.211 e. The number of carbonyl (C=O) groups excluding carboxylic acids is 1. The lowest BCUT2D eigenvalue weighted by Crippen LogP contribution is -2.33. The molecule has 15 heavy (non-hydrogen) atoms. The van der Waals surface area contributed by atoms with Gasteiger partial charge in [0.25, 0.3) is 0 Å². The number of nitrogens with zero attached hydrogens (tertiary/aromatic N) is 1. The largest absolute Gasteiger partial charge is 0.249 e. The first-order valence-electron chi connectivity index (χ1n) is 4.66. The Hall–Kier alpha value is -1.54. The van der Waals surface area contributed by atoms with Crippen LogP contribution in [0.2, 0.25) is 0 Å². The van der Waals surface area contributed by atoms with E-state index in [0.29, 0.717) is 5.69 Å². The van der Waals surface area contributed by atoms with Crippen molar-refractivity contribution in [2.75, 3.05) is 0 Å². The van der Waals surface area contributed by atoms with Crippen molar-refractivity contribution < 1.29 is 13.6 Å². The van der Waals surface area contributed by atoms with Crippen LogP contribution < -0.4 is 0 Å². The Kier molecular flexibility index (Phi) is 2.37. The minimum atomic E-state index is -2.52. The van der Waals surface area contributed by atoms with Crippen molar-refractivity contribution in [3.05, 3.63) is 29.8 Å². The zero-order valence-corrected chi connectivity index (χ0v) is 7.91. The first-order chi connectivity index (χ1) is 7.11. The van der Waals surface area contributed by atoms with Crippen molar-refractivity contribution >= 4 is 11.8 Å². The van der Waals surface area contributed by atoms with Crippen molar-refractivity contribution in [3.63, 3.8) is 0 Å². The summed E-state index contributed by atoms with van der Waals surface area (Å²) in [7, 11) is 0. The van der Waals surface area contributed by atoms with Crippen LogP contribution in [0.15, 0.2) is 29.3 Å². The summed E-state index contributed by atoms with van der Waals surface area (Å²) in [6.07, 6.45) is 1.21. The van der Waals surface area contributed by atoms with Crippen molar-refractivity contribution in [2.45, 2.75) is 24.7 Å². The van der Waals surface area contributed by atoms with E-state index >= 15 is 0 Å². The smallest absolute Gasteiger partial charge is 0.211 e. The summed E-state index contributed by atoms with van der Waals surface area (Å²) in [5, 5.41) is 0. The monoisotopic (exact) mass is 209 g/mol. The number of hydrogen-bond acceptors (Lipinski definition) is 2. The number of isocyanates is 1. The van der Waals surface area contributed by atoms with Crippen LogP contribution in [0.1, 0.15) is 24.3 Å². The van der Waals surface area contributed by atoms with E-state index in [2.05, 4.69) is 4.99 Å². The van der Waals surface area contributed by atoms with Gasteiger partial charge in [-0.15, -0.1) is 0 Å². The highest BCUT2D eigenvalue weighted by atomic mass is 19.3. The van der Waals surface area contributed by atoms with E-state index in [4.69, 9.17) is 0 Å². The number of hydrogen-bond donors (Lipinski definition) is 0. The Labute approximate surface area is 85.6 Å². The second-order valence-electron chi connectivity index (χ2n) is 3.76. The minimum absolute atomic E-state index is 0.109. The molecule has 0 aromatic heterocycles. The van der Waals surface area contributed by atoms with Gasteiger partial charge in [0.2, 0.25) is 12.0 Å². The summed E-state index contributed by atoms with van der Waals surface area (Å²) in [5.41, 5.74) is 1.29. The highest BCUT2D eigenvalue weighted by Crippen LogP contribution is 2.48. The van der Waals surface area contributed by atoms with E-state index in [9.17, 15) is 13.6 Å². The summed E-state index contributed by atoms with van der Waals surface area (Å²) in [6, 6.07) is 6.79. The summed E-state index contributed by atoms with van der Waals surface area (Å²) in [6.45, 7) is 0. The molecule has 1 saturated carbocycles. The van der Waals surface area contributed by atoms with Crippen LogP contribution in [0.25, 0.3) is 0 Å². The molecule has 4 heteroatoms. The number of rotatable bonds is 2. The van der Waals surface area contributed by atoms with Crippen LogP contribution in [-0.2, 0) is 4.79 Å². The Bertz CT molecular complexity index is 416. The van der Waals surface area contributed by atoms with Gasteiger partial charge in [-0.05, 0) is 23.6 Å². The Morgan fingerprint density at radius 3 is 2.73 bits per heavy atom. The van der Waals surface area contributed by atoms with Crippen LogP contribution >= 0.6 is 0 Å². The number of alkyl halides is 2. The van der Waals surface area contributed by atoms with Gasteiger partial charge in [-0.3, -0.25) is 0 Å². The van der Waals surface area contributed by atoms with E-state index in [1.807, 2.05) is 0 Å². The number of halogens is 2. The summed E-state index contributed by atoms with van der Waals surface area (Å²) < 4.78 is 25.3. The molecule has 0 N–H and O–H groups in total. The molecule has 1 aromatic rings. The van der Waals surface area contributed by atoms with E-state index in [1.54, 1.807) is 24.3 Å². The fraction of sp³-hybridized carbons (Fsp3) is 0.364. The van der Waals surface area contributed by atoms with Crippen LogP contribution in [0.5, 0.6) is 0 Å². The SMILES string of the molecule is O=C=Nc1cccc(C2CC(F)(F)C2)c1. The summed E-state index contributed by atoms with van der Waals surface area (Å²) in [4.78, 5) is 13.5. The molecule has 0 radical (unpaired) electrons. The molecule has 0 atom stereocenters. The first kappa shape index (κ1) is 9.99. The number of benzene rings is 1. The van der Waals surface area contributed by atoms with E-state index < -0.39 is 5.92 Å². The molecular weight excluding hydrogens is 200 g/mol. The van der Waals surface area contributed by atoms with Crippen LogP contribution in [-0.4, -0.2) is 12.0 Å². The maximum absolute atomic E-state index is 12.6. The average molecular weight is 209 g/mol. The van der Waals surface area contributed by atoms with Gasteiger partial charge in [-0.1, -0.05) is 12.1 Å². The lowest BCUT2D eigenvalue weighted by Gasteiger charge is -2.35. The molecule has 2 rings (SSSR count). The van der Waals surface area contributed by atoms with Crippen molar-refractivity contribution in [2.24, 2.45) is 4.99 Å². The van der Waals surface area contributed by atoms with Crippen molar-refractivity contribution in [1.82, 2.24) is 0 Å². The van der Waals surface area contributed by atoms with Gasteiger partial charge in [-0.25, -0.2) is 13.6 Å². The Balaban J connectivity index is 2.16. The van der Waals surface area contributed by atoms with Crippen molar-refractivity contribution in [3.8, 4) is 0 Å². The van der Waals surface area contributed by atoms with E-state index in [-0.39, 0.29) is 18.8 Å². The molecule has 0 saturated heterocycles. The molecular formula is C11H9F2NO. The average Bonchev–Trinajstić information content (AvgIpc) is 2.15. The van der Waals surface area contributed by atoms with E-state index in [1.165, 1.54) is 6.08 Å². The van der Waals surface area contributed by atoms with E-state index in [0.717, 1.165) is 5.56 Å². The topological polar surface area (TPSA) is 29.4 Å². The van der Waals surface area contributed by atoms with Crippen LogP contribution in [0, 0.1) is 0 Å². The van der Waals surface area contributed by atoms with Crippen LogP contribution in [0.3, 0.4) is 0 Å². The molecule has 0 spiro atoms. The highest BCUT2D eigenvalue weighted by Gasteiger charge is 2.45. The van der Waals surface area contributed by atoms with Crippen LogP contribution in [0.4, 0.5) is 14.5 Å². The molecule has 0 bridgehead atoms. The predicted octanol–water partition coefficient (Wildman–Crippen LogP) is 3.17. The summed E-state index contributed by atoms with van der Waals surface area (Å²) >= 11 is 0. The van der Waals surface area contributed by atoms with Gasteiger partial charge in [-0.2, -0.15) is 4.99 Å². The molecule has 1 aromatic carbocycles. The molecule has 0 aliphatic heterocycles. The summed E-state index contributed by atoms with van der Waals surface area (Å²) in [5.74, 6) is -2.63. The van der Waals surface area contributed by atoms with Gasteiger partial charge >= 0.3 is 0 Å². The second kappa shape index (κ2) is 3.55. The first-order valence-corrected chi connectivity index (χ1v) is 4.66. The Morgan fingerprint density at radius 2 is 2.13 bits per heavy atom. The Morgan fingerprint density at radius 1 is 1.40 bits per heavy atom. The van der Waals surface area contributed by atoms with Gasteiger partial charge in [0.1, 0.15) is 0 Å². The predicted molar refractivity (Wildman–Crippen MR) is 51.1 cm³/mol. The maximum Gasteiger partial charge on any atom is 0.249 e. The lowest BCUT2D eigenvalue weighted by atomic mass is 9.77. The third-order valence-corrected chi connectivity index (χ3v) is 2.61. The fourth-order valence-corrected chi connectivity index (χ4v) is 1.80. The van der Waals surface area contributed by atoms with Gasteiger partial charge in [0.15, 0.2) is 0 Å². The zero-order chi connectivity index (χ0) is 10.9. The third-order valence-electron chi connectivity index (χ3n) is 2.61.